The van der Waals surface area contributed by atoms with E-state index < -0.39 is 5.82 Å². The number of amides is 2. The standard InChI is InChI=1S/C20H21FN4O3/c1-12(26)24-8-6-16-17(11-24)22-18(23-19(16)27)14-5-7-25(10-14)20(28)13-3-2-4-15(21)9-13/h2-4,9,14H,5-8,10-11H2,1H3,(H,22,23,27)/t14-/m0/s1. The van der Waals surface area contributed by atoms with Crippen LogP contribution in [-0.4, -0.2) is 51.2 Å². The lowest BCUT2D eigenvalue weighted by Gasteiger charge is -2.27. The summed E-state index contributed by atoms with van der Waals surface area (Å²) in [5.74, 6) is -0.267. The van der Waals surface area contributed by atoms with Gasteiger partial charge < -0.3 is 14.8 Å². The average Bonchev–Trinajstić information content (AvgIpc) is 3.17. The number of halogens is 1. The van der Waals surface area contributed by atoms with E-state index in [1.54, 1.807) is 15.9 Å². The van der Waals surface area contributed by atoms with E-state index in [4.69, 9.17) is 0 Å². The number of fused-ring (bicyclic) bond motifs is 1. The van der Waals surface area contributed by atoms with Crippen LogP contribution < -0.4 is 5.56 Å². The molecule has 1 N–H and O–H groups in total. The lowest BCUT2D eigenvalue weighted by atomic mass is 10.0. The molecular formula is C20H21FN4O3. The molecule has 0 spiro atoms. The normalized spacial score (nSPS) is 18.9. The molecule has 0 unspecified atom stereocenters. The molecule has 0 aliphatic carbocycles. The largest absolute Gasteiger partial charge is 0.338 e. The van der Waals surface area contributed by atoms with Gasteiger partial charge in [-0.3, -0.25) is 14.4 Å². The Kier molecular flexibility index (Phi) is 4.70. The van der Waals surface area contributed by atoms with Gasteiger partial charge in [0.25, 0.3) is 11.5 Å². The average molecular weight is 384 g/mol. The number of nitrogens with zero attached hydrogens (tertiary/aromatic N) is 3. The van der Waals surface area contributed by atoms with Crippen LogP contribution in [0.25, 0.3) is 0 Å². The third-order valence-corrected chi connectivity index (χ3v) is 5.47. The molecule has 1 aromatic heterocycles. The monoisotopic (exact) mass is 384 g/mol. The number of hydrogen-bond acceptors (Lipinski definition) is 4. The smallest absolute Gasteiger partial charge is 0.254 e. The predicted octanol–water partition coefficient (Wildman–Crippen LogP) is 1.44. The van der Waals surface area contributed by atoms with Crippen LogP contribution in [0, 0.1) is 5.82 Å². The number of carbonyl (C=O) groups is 2. The van der Waals surface area contributed by atoms with E-state index in [-0.39, 0.29) is 23.3 Å². The fraction of sp³-hybridized carbons (Fsp3) is 0.400. The zero-order valence-electron chi connectivity index (χ0n) is 15.6. The molecule has 146 valence electrons. The molecule has 2 aliphatic rings. The summed E-state index contributed by atoms with van der Waals surface area (Å²) in [6.45, 7) is 3.28. The molecule has 8 heteroatoms. The Bertz CT molecular complexity index is 1000. The van der Waals surface area contributed by atoms with Gasteiger partial charge in [0.05, 0.1) is 12.2 Å². The Labute approximate surface area is 161 Å². The van der Waals surface area contributed by atoms with Gasteiger partial charge in [0.2, 0.25) is 5.91 Å². The summed E-state index contributed by atoms with van der Waals surface area (Å²) in [6, 6.07) is 5.63. The van der Waals surface area contributed by atoms with Crippen LogP contribution in [0.2, 0.25) is 0 Å². The summed E-state index contributed by atoms with van der Waals surface area (Å²) in [6.07, 6.45) is 1.16. The number of likely N-dealkylation sites (tertiary alicyclic amines) is 1. The maximum atomic E-state index is 13.4. The molecule has 0 bridgehead atoms. The summed E-state index contributed by atoms with van der Waals surface area (Å²) in [7, 11) is 0. The highest BCUT2D eigenvalue weighted by Gasteiger charge is 2.31. The van der Waals surface area contributed by atoms with E-state index in [1.807, 2.05) is 0 Å². The minimum atomic E-state index is -0.447. The quantitative estimate of drug-likeness (QED) is 0.849. The van der Waals surface area contributed by atoms with Gasteiger partial charge in [0.15, 0.2) is 0 Å². The number of carbonyl (C=O) groups excluding carboxylic acids is 2. The number of H-pyrrole nitrogens is 1. The number of rotatable bonds is 2. The van der Waals surface area contributed by atoms with Crippen molar-refractivity contribution < 1.29 is 14.0 Å². The van der Waals surface area contributed by atoms with E-state index in [0.29, 0.717) is 61.7 Å². The summed E-state index contributed by atoms with van der Waals surface area (Å²) in [5, 5.41) is 0. The van der Waals surface area contributed by atoms with Crippen molar-refractivity contribution in [1.29, 1.82) is 0 Å². The number of aromatic nitrogens is 2. The van der Waals surface area contributed by atoms with Gasteiger partial charge in [-0.2, -0.15) is 0 Å². The lowest BCUT2D eigenvalue weighted by molar-refractivity contribution is -0.129. The maximum Gasteiger partial charge on any atom is 0.254 e. The van der Waals surface area contributed by atoms with E-state index in [0.717, 1.165) is 0 Å². The van der Waals surface area contributed by atoms with Crippen molar-refractivity contribution in [3.63, 3.8) is 0 Å². The topological polar surface area (TPSA) is 86.4 Å². The Balaban J connectivity index is 1.54. The van der Waals surface area contributed by atoms with Crippen molar-refractivity contribution in [1.82, 2.24) is 19.8 Å². The Morgan fingerprint density at radius 1 is 1.25 bits per heavy atom. The highest BCUT2D eigenvalue weighted by molar-refractivity contribution is 5.94. The van der Waals surface area contributed by atoms with Crippen LogP contribution in [0.15, 0.2) is 29.1 Å². The minimum absolute atomic E-state index is 0.0398. The van der Waals surface area contributed by atoms with E-state index in [1.165, 1.54) is 25.1 Å². The summed E-state index contributed by atoms with van der Waals surface area (Å²) in [5.41, 5.74) is 1.41. The Morgan fingerprint density at radius 3 is 2.82 bits per heavy atom. The van der Waals surface area contributed by atoms with Crippen LogP contribution in [0.1, 0.15) is 46.7 Å². The first-order valence-electron chi connectivity index (χ1n) is 9.34. The molecule has 1 atom stereocenters. The van der Waals surface area contributed by atoms with Crippen LogP contribution in [0.4, 0.5) is 4.39 Å². The zero-order valence-corrected chi connectivity index (χ0v) is 15.6. The van der Waals surface area contributed by atoms with E-state index in [2.05, 4.69) is 9.97 Å². The molecule has 4 rings (SSSR count). The lowest BCUT2D eigenvalue weighted by Crippen LogP contribution is -2.38. The predicted molar refractivity (Wildman–Crippen MR) is 99.3 cm³/mol. The molecule has 7 nitrogen and oxygen atoms in total. The van der Waals surface area contributed by atoms with Gasteiger partial charge in [0.1, 0.15) is 11.6 Å². The van der Waals surface area contributed by atoms with Crippen LogP contribution >= 0.6 is 0 Å². The summed E-state index contributed by atoms with van der Waals surface area (Å²) < 4.78 is 13.4. The third kappa shape index (κ3) is 3.42. The number of nitrogens with one attached hydrogen (secondary N) is 1. The number of benzene rings is 1. The fourth-order valence-electron chi connectivity index (χ4n) is 3.89. The van der Waals surface area contributed by atoms with Crippen LogP contribution in [-0.2, 0) is 17.8 Å². The van der Waals surface area contributed by atoms with Crippen molar-refractivity contribution in [3.05, 3.63) is 63.1 Å². The highest BCUT2D eigenvalue weighted by atomic mass is 19.1. The second-order valence-electron chi connectivity index (χ2n) is 7.31. The summed E-state index contributed by atoms with van der Waals surface area (Å²) >= 11 is 0. The molecule has 1 fully saturated rings. The van der Waals surface area contributed by atoms with Crippen LogP contribution in [0.3, 0.4) is 0 Å². The van der Waals surface area contributed by atoms with Gasteiger partial charge in [-0.05, 0) is 31.0 Å². The van der Waals surface area contributed by atoms with Gasteiger partial charge in [-0.25, -0.2) is 9.37 Å². The van der Waals surface area contributed by atoms with Gasteiger partial charge in [-0.1, -0.05) is 6.07 Å². The number of hydrogen-bond donors (Lipinski definition) is 1. The molecule has 0 saturated carbocycles. The second-order valence-corrected chi connectivity index (χ2v) is 7.31. The first-order valence-corrected chi connectivity index (χ1v) is 9.34. The molecule has 28 heavy (non-hydrogen) atoms. The Morgan fingerprint density at radius 2 is 2.07 bits per heavy atom. The first-order chi connectivity index (χ1) is 13.4. The highest BCUT2D eigenvalue weighted by Crippen LogP contribution is 2.26. The second kappa shape index (κ2) is 7.18. The molecule has 2 aromatic rings. The zero-order chi connectivity index (χ0) is 19.8. The number of aromatic amines is 1. The van der Waals surface area contributed by atoms with Crippen molar-refractivity contribution in [2.24, 2.45) is 0 Å². The summed E-state index contributed by atoms with van der Waals surface area (Å²) in [4.78, 5) is 47.6. The molecule has 2 amide bonds. The molecule has 2 aliphatic heterocycles. The Hall–Kier alpha value is -3.03. The molecular weight excluding hydrogens is 363 g/mol. The van der Waals surface area contributed by atoms with Crippen LogP contribution in [0.5, 0.6) is 0 Å². The minimum Gasteiger partial charge on any atom is -0.338 e. The SMILES string of the molecule is CC(=O)N1CCc2c(nc([C@H]3CCN(C(=O)c4cccc(F)c4)C3)[nH]c2=O)C1. The first kappa shape index (κ1) is 18.3. The van der Waals surface area contributed by atoms with E-state index >= 15 is 0 Å². The third-order valence-electron chi connectivity index (χ3n) is 5.47. The van der Waals surface area contributed by atoms with Crippen molar-refractivity contribution in [2.75, 3.05) is 19.6 Å². The van der Waals surface area contributed by atoms with Crippen molar-refractivity contribution in [2.45, 2.75) is 32.2 Å². The van der Waals surface area contributed by atoms with Crippen molar-refractivity contribution in [3.8, 4) is 0 Å². The van der Waals surface area contributed by atoms with Gasteiger partial charge in [-0.15, -0.1) is 0 Å². The van der Waals surface area contributed by atoms with Gasteiger partial charge >= 0.3 is 0 Å². The van der Waals surface area contributed by atoms with Crippen molar-refractivity contribution >= 4 is 11.8 Å². The van der Waals surface area contributed by atoms with E-state index in [9.17, 15) is 18.8 Å². The maximum absolute atomic E-state index is 13.4. The molecule has 1 aromatic carbocycles. The molecule has 0 radical (unpaired) electrons. The van der Waals surface area contributed by atoms with Gasteiger partial charge in [0, 0.05) is 43.6 Å². The molecule has 1 saturated heterocycles. The fourth-order valence-corrected chi connectivity index (χ4v) is 3.89. The molecule has 3 heterocycles.